The lowest BCUT2D eigenvalue weighted by Crippen LogP contribution is -2.65. The lowest BCUT2D eigenvalue weighted by Gasteiger charge is -2.50. The Kier molecular flexibility index (Phi) is 6.08. The summed E-state index contributed by atoms with van der Waals surface area (Å²) >= 11 is 0. The lowest BCUT2D eigenvalue weighted by atomic mass is 9.57. The van der Waals surface area contributed by atoms with Gasteiger partial charge in [-0.15, -0.1) is 0 Å². The van der Waals surface area contributed by atoms with Crippen LogP contribution >= 0.6 is 0 Å². The van der Waals surface area contributed by atoms with Crippen molar-refractivity contribution in [1.29, 1.82) is 0 Å². The van der Waals surface area contributed by atoms with Gasteiger partial charge in [0.15, 0.2) is 11.4 Å². The molecule has 3 aliphatic carbocycles. The van der Waals surface area contributed by atoms with Crippen LogP contribution in [0.25, 0.3) is 11.8 Å². The van der Waals surface area contributed by atoms with E-state index < -0.39 is 58.0 Å². The molecule has 1 saturated carbocycles. The Bertz CT molecular complexity index is 1230. The second kappa shape index (κ2) is 8.63. The number of phenolic OH excluding ortho intramolecular Hbond substituents is 1. The number of aliphatic hydroxyl groups is 3. The summed E-state index contributed by atoms with van der Waals surface area (Å²) in [4.78, 5) is 40.3. The molecule has 0 heterocycles. The number of hydrogen-bond donors (Lipinski definition) is 6. The summed E-state index contributed by atoms with van der Waals surface area (Å²) < 4.78 is 0. The molecule has 10 heteroatoms. The number of benzene rings is 1. The fourth-order valence-corrected chi connectivity index (χ4v) is 5.73. The number of aromatic hydroxyl groups is 1. The van der Waals surface area contributed by atoms with E-state index in [1.165, 1.54) is 11.0 Å². The summed E-state index contributed by atoms with van der Waals surface area (Å²) in [6.45, 7) is 0.597. The van der Waals surface area contributed by atoms with E-state index in [1.807, 2.05) is 12.2 Å². The van der Waals surface area contributed by atoms with Gasteiger partial charge in [-0.25, -0.2) is 0 Å². The molecule has 0 aromatic heterocycles. The molecule has 3 aliphatic rings. The molecule has 1 amide bonds. The van der Waals surface area contributed by atoms with E-state index in [1.54, 1.807) is 27.2 Å². The van der Waals surface area contributed by atoms with Crippen molar-refractivity contribution in [3.05, 3.63) is 51.8 Å². The molecule has 0 radical (unpaired) electrons. The molecular formula is C25H29N3O7. The fourth-order valence-electron chi connectivity index (χ4n) is 5.73. The van der Waals surface area contributed by atoms with Crippen LogP contribution in [0, 0.1) is 11.8 Å². The van der Waals surface area contributed by atoms with Crippen molar-refractivity contribution in [2.75, 3.05) is 27.7 Å². The van der Waals surface area contributed by atoms with E-state index in [4.69, 9.17) is 5.73 Å². The van der Waals surface area contributed by atoms with Crippen LogP contribution in [-0.4, -0.2) is 82.1 Å². The summed E-state index contributed by atoms with van der Waals surface area (Å²) in [6.07, 6.45) is 4.03. The highest BCUT2D eigenvalue weighted by Crippen LogP contribution is 2.52. The van der Waals surface area contributed by atoms with Gasteiger partial charge in [-0.1, -0.05) is 18.2 Å². The lowest BCUT2D eigenvalue weighted by molar-refractivity contribution is -0.153. The van der Waals surface area contributed by atoms with Crippen LogP contribution in [0.4, 0.5) is 0 Å². The number of hydrogen-bond acceptors (Lipinski definition) is 9. The summed E-state index contributed by atoms with van der Waals surface area (Å²) in [5.74, 6) is -6.58. The van der Waals surface area contributed by atoms with Gasteiger partial charge >= 0.3 is 0 Å². The number of primary amides is 1. The summed E-state index contributed by atoms with van der Waals surface area (Å²) in [5.41, 5.74) is 3.15. The Morgan fingerprint density at radius 3 is 2.54 bits per heavy atom. The Hall–Kier alpha value is -3.47. The zero-order chi connectivity index (χ0) is 25.8. The van der Waals surface area contributed by atoms with Gasteiger partial charge in [0.2, 0.25) is 5.78 Å². The van der Waals surface area contributed by atoms with Crippen molar-refractivity contribution in [3.63, 3.8) is 0 Å². The summed E-state index contributed by atoms with van der Waals surface area (Å²) in [7, 11) is 4.93. The first-order valence-corrected chi connectivity index (χ1v) is 11.3. The molecule has 0 bridgehead atoms. The zero-order valence-electron chi connectivity index (χ0n) is 19.7. The van der Waals surface area contributed by atoms with Gasteiger partial charge in [0, 0.05) is 18.0 Å². The number of nitrogens with zero attached hydrogens (tertiary/aromatic N) is 1. The largest absolute Gasteiger partial charge is 0.508 e. The highest BCUT2D eigenvalue weighted by Gasteiger charge is 2.64. The standard InChI is InChI=1S/C25H29N3O7/c1-27-8-4-5-11-6-7-15(29)17-13(11)9-12-10-14-19(28(2)3)21(31)18(24(26)34)23(33)25(14,35)22(32)16(12)20(17)30/h4-7,12,14,19,27,29-30,33,35H,8-10H2,1-3H3,(H2,26,34)/b5-4+/t12-,14-,19-,25-/m0/s1. The van der Waals surface area contributed by atoms with Gasteiger partial charge in [0.1, 0.15) is 22.8 Å². The molecule has 10 nitrogen and oxygen atoms in total. The van der Waals surface area contributed by atoms with Gasteiger partial charge in [0.25, 0.3) is 5.91 Å². The quantitative estimate of drug-likeness (QED) is 0.320. The van der Waals surface area contributed by atoms with Crippen LogP contribution in [0.1, 0.15) is 23.1 Å². The minimum Gasteiger partial charge on any atom is -0.508 e. The molecule has 4 atom stereocenters. The van der Waals surface area contributed by atoms with Gasteiger partial charge in [-0.3, -0.25) is 19.3 Å². The first-order chi connectivity index (χ1) is 16.5. The van der Waals surface area contributed by atoms with Crippen LogP contribution in [0.2, 0.25) is 0 Å². The fraction of sp³-hybridized carbons (Fsp3) is 0.400. The van der Waals surface area contributed by atoms with Crippen LogP contribution in [0.3, 0.4) is 0 Å². The number of rotatable bonds is 5. The van der Waals surface area contributed by atoms with Crippen molar-refractivity contribution in [1.82, 2.24) is 10.2 Å². The Balaban J connectivity index is 1.94. The number of nitrogens with one attached hydrogen (secondary N) is 1. The molecule has 0 spiro atoms. The molecule has 4 rings (SSSR count). The number of aliphatic hydroxyl groups excluding tert-OH is 2. The van der Waals surface area contributed by atoms with Gasteiger partial charge < -0.3 is 31.5 Å². The highest BCUT2D eigenvalue weighted by atomic mass is 16.3. The summed E-state index contributed by atoms with van der Waals surface area (Å²) in [5, 5.41) is 47.1. The van der Waals surface area contributed by atoms with E-state index in [-0.39, 0.29) is 29.7 Å². The first-order valence-electron chi connectivity index (χ1n) is 11.3. The molecular weight excluding hydrogens is 454 g/mol. The summed E-state index contributed by atoms with van der Waals surface area (Å²) in [6, 6.07) is 2.01. The number of Topliss-reactive ketones (excluding diaryl/α,β-unsaturated/α-hetero) is 2. The van der Waals surface area contributed by atoms with Crippen LogP contribution in [-0.2, 0) is 20.8 Å². The van der Waals surface area contributed by atoms with Crippen molar-refractivity contribution in [2.24, 2.45) is 17.6 Å². The number of carbonyl (C=O) groups excluding carboxylic acids is 3. The van der Waals surface area contributed by atoms with E-state index in [0.717, 1.165) is 5.56 Å². The Labute approximate surface area is 202 Å². The minimum absolute atomic E-state index is 0.0566. The third-order valence-corrected chi connectivity index (χ3v) is 7.26. The molecule has 1 aromatic carbocycles. The van der Waals surface area contributed by atoms with Gasteiger partial charge in [-0.2, -0.15) is 0 Å². The average Bonchev–Trinajstić information content (AvgIpc) is 2.77. The third-order valence-electron chi connectivity index (χ3n) is 7.26. The van der Waals surface area contributed by atoms with E-state index in [9.17, 15) is 34.8 Å². The topological polar surface area (TPSA) is 173 Å². The maximum atomic E-state index is 13.7. The molecule has 0 saturated heterocycles. The number of phenols is 1. The molecule has 186 valence electrons. The third kappa shape index (κ3) is 3.48. The molecule has 7 N–H and O–H groups in total. The van der Waals surface area contributed by atoms with Crippen LogP contribution < -0.4 is 11.1 Å². The second-order valence-electron chi connectivity index (χ2n) is 9.45. The monoisotopic (exact) mass is 483 g/mol. The number of likely N-dealkylation sites (N-methyl/N-ethyl adjacent to an activating group) is 2. The minimum atomic E-state index is -2.63. The second-order valence-corrected chi connectivity index (χ2v) is 9.45. The molecule has 1 fully saturated rings. The number of ketones is 2. The Morgan fingerprint density at radius 2 is 1.94 bits per heavy atom. The Morgan fingerprint density at radius 1 is 1.26 bits per heavy atom. The zero-order valence-corrected chi connectivity index (χ0v) is 19.7. The predicted octanol–water partition coefficient (Wildman–Crippen LogP) is 0.197. The van der Waals surface area contributed by atoms with E-state index in [0.29, 0.717) is 12.1 Å². The number of amides is 1. The molecule has 35 heavy (non-hydrogen) atoms. The molecule has 0 unspecified atom stereocenters. The smallest absolute Gasteiger partial charge is 0.255 e. The van der Waals surface area contributed by atoms with Crippen molar-refractivity contribution in [2.45, 2.75) is 24.5 Å². The number of fused-ring (bicyclic) bond motifs is 3. The van der Waals surface area contributed by atoms with E-state index in [2.05, 4.69) is 5.32 Å². The predicted molar refractivity (Wildman–Crippen MR) is 127 cm³/mol. The molecule has 1 aromatic rings. The highest BCUT2D eigenvalue weighted by molar-refractivity contribution is 6.24. The number of carbonyl (C=O) groups is 3. The maximum Gasteiger partial charge on any atom is 0.255 e. The normalized spacial score (nSPS) is 28.4. The first kappa shape index (κ1) is 24.6. The maximum absolute atomic E-state index is 13.7. The van der Waals surface area contributed by atoms with E-state index >= 15 is 0 Å². The SMILES string of the molecule is CNC/C=C/c1ccc(O)c2c1C[C@H]1C[C@H]3[C@H](N(C)C)C(=O)C(C(N)=O)=C(O)[C@@]3(O)C(=O)C1=C2O. The van der Waals surface area contributed by atoms with Gasteiger partial charge in [0.05, 0.1) is 11.6 Å². The van der Waals surface area contributed by atoms with Crippen LogP contribution in [0.15, 0.2) is 35.1 Å². The average molecular weight is 484 g/mol. The van der Waals surface area contributed by atoms with Gasteiger partial charge in [-0.05, 0) is 57.1 Å². The van der Waals surface area contributed by atoms with Crippen molar-refractivity contribution < 1.29 is 34.8 Å². The van der Waals surface area contributed by atoms with Crippen LogP contribution in [0.5, 0.6) is 5.75 Å². The van der Waals surface area contributed by atoms with Crippen molar-refractivity contribution >= 4 is 29.3 Å². The van der Waals surface area contributed by atoms with Crippen molar-refractivity contribution in [3.8, 4) is 5.75 Å². The number of nitrogens with two attached hydrogens (primary N) is 1. The molecule has 0 aliphatic heterocycles.